The van der Waals surface area contributed by atoms with Crippen molar-refractivity contribution in [2.75, 3.05) is 13.1 Å². The molecule has 1 amide bonds. The summed E-state index contributed by atoms with van der Waals surface area (Å²) in [7, 11) is 0. The number of hydrogen-bond donors (Lipinski definition) is 1. The Morgan fingerprint density at radius 3 is 2.39 bits per heavy atom. The second-order valence-corrected chi connectivity index (χ2v) is 5.78. The average Bonchev–Trinajstić information content (AvgIpc) is 2.29. The van der Waals surface area contributed by atoms with Gasteiger partial charge in [0.05, 0.1) is 4.99 Å². The van der Waals surface area contributed by atoms with Crippen LogP contribution in [0.2, 0.25) is 0 Å². The predicted molar refractivity (Wildman–Crippen MR) is 81.6 cm³/mol. The van der Waals surface area contributed by atoms with Crippen LogP contribution < -0.4 is 5.73 Å². The largest absolute Gasteiger partial charge is 0.393 e. The summed E-state index contributed by atoms with van der Waals surface area (Å²) in [5, 5.41) is 0. The van der Waals surface area contributed by atoms with Crippen molar-refractivity contribution in [2.24, 2.45) is 11.7 Å². The second kappa shape index (κ2) is 10.3. The molecule has 3 nitrogen and oxygen atoms in total. The van der Waals surface area contributed by atoms with Gasteiger partial charge in [0.2, 0.25) is 5.91 Å². The van der Waals surface area contributed by atoms with E-state index in [0.717, 1.165) is 19.4 Å². The Labute approximate surface area is 117 Å². The average molecular weight is 272 g/mol. The first-order chi connectivity index (χ1) is 8.47. The highest BCUT2D eigenvalue weighted by atomic mass is 32.1. The van der Waals surface area contributed by atoms with Crippen LogP contribution >= 0.6 is 12.2 Å². The third-order valence-electron chi connectivity index (χ3n) is 2.81. The lowest BCUT2D eigenvalue weighted by Crippen LogP contribution is -2.36. The minimum atomic E-state index is 0.246. The van der Waals surface area contributed by atoms with E-state index in [-0.39, 0.29) is 5.91 Å². The van der Waals surface area contributed by atoms with Crippen LogP contribution in [-0.2, 0) is 4.79 Å². The highest BCUT2D eigenvalue weighted by Crippen LogP contribution is 2.08. The van der Waals surface area contributed by atoms with E-state index >= 15 is 0 Å². The van der Waals surface area contributed by atoms with E-state index < -0.39 is 0 Å². The van der Waals surface area contributed by atoms with Gasteiger partial charge in [-0.05, 0) is 12.3 Å². The van der Waals surface area contributed by atoms with E-state index in [2.05, 4.69) is 20.8 Å². The van der Waals surface area contributed by atoms with Crippen LogP contribution in [0.3, 0.4) is 0 Å². The molecule has 0 unspecified atom stereocenters. The van der Waals surface area contributed by atoms with Crippen LogP contribution in [0.4, 0.5) is 0 Å². The van der Waals surface area contributed by atoms with Gasteiger partial charge in [0.15, 0.2) is 0 Å². The van der Waals surface area contributed by atoms with Gasteiger partial charge in [-0.1, -0.05) is 52.3 Å². The van der Waals surface area contributed by atoms with E-state index in [1.165, 1.54) is 12.8 Å². The van der Waals surface area contributed by atoms with Gasteiger partial charge in [-0.15, -0.1) is 0 Å². The third kappa shape index (κ3) is 9.40. The van der Waals surface area contributed by atoms with Crippen LogP contribution in [0.15, 0.2) is 0 Å². The van der Waals surface area contributed by atoms with Crippen molar-refractivity contribution in [1.82, 2.24) is 4.90 Å². The fourth-order valence-electron chi connectivity index (χ4n) is 1.86. The number of amides is 1. The van der Waals surface area contributed by atoms with Gasteiger partial charge in [-0.2, -0.15) is 0 Å². The summed E-state index contributed by atoms with van der Waals surface area (Å²) in [5.41, 5.74) is 5.50. The van der Waals surface area contributed by atoms with Crippen LogP contribution in [0.5, 0.6) is 0 Å². The molecule has 0 radical (unpaired) electrons. The van der Waals surface area contributed by atoms with Crippen molar-refractivity contribution < 1.29 is 4.79 Å². The fraction of sp³-hybridized carbons (Fsp3) is 0.857. The zero-order chi connectivity index (χ0) is 14.0. The Balaban J connectivity index is 4.09. The first-order valence-electron chi connectivity index (χ1n) is 7.03. The van der Waals surface area contributed by atoms with Gasteiger partial charge in [-0.25, -0.2) is 0 Å². The number of rotatable bonds is 10. The zero-order valence-corrected chi connectivity index (χ0v) is 12.9. The molecular formula is C14H28N2OS. The fourth-order valence-corrected chi connectivity index (χ4v) is 1.96. The smallest absolute Gasteiger partial charge is 0.222 e. The summed E-state index contributed by atoms with van der Waals surface area (Å²) in [4.78, 5) is 14.5. The summed E-state index contributed by atoms with van der Waals surface area (Å²) in [5.74, 6) is 0.729. The molecule has 106 valence electrons. The molecule has 0 aromatic carbocycles. The standard InChI is InChI=1S/C14H28N2OS/c1-4-5-6-7-8-14(17)16(11-12(2)3)10-9-13(15)18/h12H,4-11H2,1-3H3,(H2,15,18). The lowest BCUT2D eigenvalue weighted by molar-refractivity contribution is -0.131. The normalized spacial score (nSPS) is 10.7. The monoisotopic (exact) mass is 272 g/mol. The molecule has 0 spiro atoms. The number of hydrogen-bond acceptors (Lipinski definition) is 2. The summed E-state index contributed by atoms with van der Waals surface area (Å²) in [6.45, 7) is 7.89. The quantitative estimate of drug-likeness (QED) is 0.491. The Bertz CT molecular complexity index is 254. The molecule has 0 saturated heterocycles. The lowest BCUT2D eigenvalue weighted by Gasteiger charge is -2.24. The van der Waals surface area contributed by atoms with E-state index in [0.29, 0.717) is 30.3 Å². The molecular weight excluding hydrogens is 244 g/mol. The Kier molecular flexibility index (Phi) is 9.93. The number of carbonyl (C=O) groups is 1. The number of thiocarbonyl (C=S) groups is 1. The van der Waals surface area contributed by atoms with Crippen molar-refractivity contribution in [2.45, 2.75) is 59.3 Å². The molecule has 0 rings (SSSR count). The number of carbonyl (C=O) groups excluding carboxylic acids is 1. The molecule has 0 aliphatic carbocycles. The molecule has 0 fully saturated rings. The molecule has 0 aromatic rings. The van der Waals surface area contributed by atoms with E-state index in [9.17, 15) is 4.79 Å². The van der Waals surface area contributed by atoms with Crippen LogP contribution in [0.25, 0.3) is 0 Å². The van der Waals surface area contributed by atoms with Crippen LogP contribution in [-0.4, -0.2) is 28.9 Å². The predicted octanol–water partition coefficient (Wildman–Crippen LogP) is 3.12. The summed E-state index contributed by atoms with van der Waals surface area (Å²) < 4.78 is 0. The minimum Gasteiger partial charge on any atom is -0.393 e. The third-order valence-corrected chi connectivity index (χ3v) is 3.01. The van der Waals surface area contributed by atoms with Gasteiger partial charge < -0.3 is 10.6 Å². The van der Waals surface area contributed by atoms with Crippen molar-refractivity contribution in [3.8, 4) is 0 Å². The van der Waals surface area contributed by atoms with E-state index in [4.69, 9.17) is 18.0 Å². The number of unbranched alkanes of at least 4 members (excludes halogenated alkanes) is 3. The van der Waals surface area contributed by atoms with Gasteiger partial charge in [0.1, 0.15) is 0 Å². The topological polar surface area (TPSA) is 46.3 Å². The first kappa shape index (κ1) is 17.4. The first-order valence-corrected chi connectivity index (χ1v) is 7.44. The number of nitrogens with zero attached hydrogens (tertiary/aromatic N) is 1. The van der Waals surface area contributed by atoms with Crippen LogP contribution in [0.1, 0.15) is 59.3 Å². The molecule has 0 aliphatic rings. The van der Waals surface area contributed by atoms with Crippen molar-refractivity contribution in [1.29, 1.82) is 0 Å². The summed E-state index contributed by atoms with van der Waals surface area (Å²) >= 11 is 4.88. The molecule has 0 aliphatic heterocycles. The van der Waals surface area contributed by atoms with Crippen molar-refractivity contribution in [3.05, 3.63) is 0 Å². The Morgan fingerprint density at radius 1 is 1.22 bits per heavy atom. The van der Waals surface area contributed by atoms with Gasteiger partial charge >= 0.3 is 0 Å². The minimum absolute atomic E-state index is 0.246. The summed E-state index contributed by atoms with van der Waals surface area (Å²) in [6, 6.07) is 0. The highest BCUT2D eigenvalue weighted by molar-refractivity contribution is 7.80. The Hall–Kier alpha value is -0.640. The van der Waals surface area contributed by atoms with E-state index in [1.54, 1.807) is 0 Å². The maximum Gasteiger partial charge on any atom is 0.222 e. The van der Waals surface area contributed by atoms with Gasteiger partial charge in [0, 0.05) is 25.9 Å². The van der Waals surface area contributed by atoms with E-state index in [1.807, 2.05) is 4.90 Å². The SMILES string of the molecule is CCCCCCC(=O)N(CCC(N)=S)CC(C)C. The maximum absolute atomic E-state index is 12.1. The van der Waals surface area contributed by atoms with Gasteiger partial charge in [-0.3, -0.25) is 4.79 Å². The van der Waals surface area contributed by atoms with Crippen molar-refractivity contribution >= 4 is 23.1 Å². The lowest BCUT2D eigenvalue weighted by atomic mass is 10.1. The highest BCUT2D eigenvalue weighted by Gasteiger charge is 2.14. The van der Waals surface area contributed by atoms with Gasteiger partial charge in [0.25, 0.3) is 0 Å². The van der Waals surface area contributed by atoms with Crippen molar-refractivity contribution in [3.63, 3.8) is 0 Å². The molecule has 4 heteroatoms. The maximum atomic E-state index is 12.1. The molecule has 0 aromatic heterocycles. The second-order valence-electron chi connectivity index (χ2n) is 5.26. The molecule has 0 bridgehead atoms. The molecule has 0 atom stereocenters. The number of nitrogens with two attached hydrogens (primary N) is 1. The zero-order valence-electron chi connectivity index (χ0n) is 12.1. The molecule has 2 N–H and O–H groups in total. The Morgan fingerprint density at radius 2 is 1.89 bits per heavy atom. The molecule has 0 saturated carbocycles. The summed E-state index contributed by atoms with van der Waals surface area (Å²) in [6.07, 6.45) is 5.84. The molecule has 18 heavy (non-hydrogen) atoms. The van der Waals surface area contributed by atoms with Crippen LogP contribution in [0, 0.1) is 5.92 Å². The molecule has 0 heterocycles.